The highest BCUT2D eigenvalue weighted by Crippen LogP contribution is 2.21. The van der Waals surface area contributed by atoms with Gasteiger partial charge in [0.15, 0.2) is 5.78 Å². The number of benzene rings is 4. The van der Waals surface area contributed by atoms with Gasteiger partial charge in [0.2, 0.25) is 0 Å². The zero-order valence-electron chi connectivity index (χ0n) is 20.5. The lowest BCUT2D eigenvalue weighted by Gasteiger charge is -2.19. The average Bonchev–Trinajstić information content (AvgIpc) is 2.92. The maximum atomic E-state index is 13.3. The van der Waals surface area contributed by atoms with Gasteiger partial charge in [-0.1, -0.05) is 72.3 Å². The lowest BCUT2D eigenvalue weighted by atomic mass is 10.0. The van der Waals surface area contributed by atoms with E-state index in [4.69, 9.17) is 21.1 Å². The molecular weight excluding hydrogens is 486 g/mol. The van der Waals surface area contributed by atoms with Gasteiger partial charge in [0.05, 0.1) is 13.2 Å². The summed E-state index contributed by atoms with van der Waals surface area (Å²) in [6.45, 7) is 2.23. The number of hydrogen-bond donors (Lipinski definition) is 1. The van der Waals surface area contributed by atoms with Crippen LogP contribution in [0.5, 0.6) is 11.5 Å². The zero-order chi connectivity index (χ0) is 26.0. The van der Waals surface area contributed by atoms with Crippen LogP contribution >= 0.6 is 11.6 Å². The number of carbonyl (C=O) groups is 2. The van der Waals surface area contributed by atoms with Gasteiger partial charge < -0.3 is 14.8 Å². The fourth-order valence-electron chi connectivity index (χ4n) is 3.74. The van der Waals surface area contributed by atoms with Crippen LogP contribution in [0.3, 0.4) is 0 Å². The van der Waals surface area contributed by atoms with Gasteiger partial charge in [-0.25, -0.2) is 0 Å². The fourth-order valence-corrected chi connectivity index (χ4v) is 3.85. The summed E-state index contributed by atoms with van der Waals surface area (Å²) >= 11 is 6.10. The number of amides is 1. The Morgan fingerprint density at radius 3 is 2.14 bits per heavy atom. The molecule has 188 valence electrons. The van der Waals surface area contributed by atoms with Crippen LogP contribution in [0.4, 0.5) is 0 Å². The van der Waals surface area contributed by atoms with Gasteiger partial charge in [-0.2, -0.15) is 0 Å². The molecule has 5 nitrogen and oxygen atoms in total. The van der Waals surface area contributed by atoms with E-state index in [-0.39, 0.29) is 24.7 Å². The molecule has 1 N–H and O–H groups in total. The molecule has 37 heavy (non-hydrogen) atoms. The first-order valence-corrected chi connectivity index (χ1v) is 12.4. The van der Waals surface area contributed by atoms with Gasteiger partial charge in [0.25, 0.3) is 5.91 Å². The Balaban J connectivity index is 1.42. The van der Waals surface area contributed by atoms with Crippen molar-refractivity contribution in [1.29, 1.82) is 0 Å². The third-order valence-electron chi connectivity index (χ3n) is 5.79. The first-order chi connectivity index (χ1) is 18.0. The molecule has 0 fully saturated rings. The largest absolute Gasteiger partial charge is 0.457 e. The summed E-state index contributed by atoms with van der Waals surface area (Å²) in [6.07, 6.45) is 0.144. The molecule has 4 aromatic carbocycles. The topological polar surface area (TPSA) is 64.6 Å². The number of rotatable bonds is 11. The zero-order valence-corrected chi connectivity index (χ0v) is 21.3. The Labute approximate surface area is 222 Å². The predicted octanol–water partition coefficient (Wildman–Crippen LogP) is 6.57. The molecule has 0 aromatic heterocycles. The van der Waals surface area contributed by atoms with Crippen LogP contribution < -0.4 is 10.1 Å². The lowest BCUT2D eigenvalue weighted by molar-refractivity contribution is -0.121. The number of ketones is 1. The van der Waals surface area contributed by atoms with Crippen molar-refractivity contribution in [2.24, 2.45) is 0 Å². The van der Waals surface area contributed by atoms with E-state index < -0.39 is 6.04 Å². The van der Waals surface area contributed by atoms with Crippen molar-refractivity contribution in [2.45, 2.75) is 26.0 Å². The SMILES string of the molecule is Cc1cc(C(=O)NC(COCc2ccccc2)C(=O)Cc2ccc(Oc3ccccc3)cc2)ccc1Cl. The van der Waals surface area contributed by atoms with Gasteiger partial charge >= 0.3 is 0 Å². The highest BCUT2D eigenvalue weighted by molar-refractivity contribution is 6.31. The van der Waals surface area contributed by atoms with Gasteiger partial charge in [0.1, 0.15) is 17.5 Å². The standard InChI is InChI=1S/C31H28ClNO4/c1-22-18-25(14-17-28(22)32)31(35)33-29(21-36-20-24-8-4-2-5-9-24)30(34)19-23-12-15-27(16-13-23)37-26-10-6-3-7-11-26/h2-18,29H,19-21H2,1H3,(H,33,35). The summed E-state index contributed by atoms with van der Waals surface area (Å²) in [4.78, 5) is 26.2. The van der Waals surface area contributed by atoms with E-state index in [0.717, 1.165) is 22.4 Å². The molecule has 6 heteroatoms. The molecule has 0 spiro atoms. The molecule has 0 heterocycles. The Hall–Kier alpha value is -3.93. The molecule has 1 unspecified atom stereocenters. The van der Waals surface area contributed by atoms with Gasteiger partial charge in [0, 0.05) is 17.0 Å². The number of hydrogen-bond acceptors (Lipinski definition) is 4. The van der Waals surface area contributed by atoms with Crippen LogP contribution in [0, 0.1) is 6.92 Å². The molecular formula is C31H28ClNO4. The van der Waals surface area contributed by atoms with Crippen molar-refractivity contribution in [3.8, 4) is 11.5 Å². The second kappa shape index (κ2) is 12.9. The predicted molar refractivity (Wildman–Crippen MR) is 145 cm³/mol. The third-order valence-corrected chi connectivity index (χ3v) is 6.21. The quantitative estimate of drug-likeness (QED) is 0.246. The first-order valence-electron chi connectivity index (χ1n) is 12.0. The van der Waals surface area contributed by atoms with Crippen molar-refractivity contribution in [1.82, 2.24) is 5.32 Å². The fraction of sp³-hybridized carbons (Fsp3) is 0.161. The third kappa shape index (κ3) is 7.78. The Kier molecular flexibility index (Phi) is 9.08. The Morgan fingerprint density at radius 1 is 0.811 bits per heavy atom. The van der Waals surface area contributed by atoms with Gasteiger partial charge in [-0.15, -0.1) is 0 Å². The highest BCUT2D eigenvalue weighted by atomic mass is 35.5. The number of halogens is 1. The van der Waals surface area contributed by atoms with Crippen LogP contribution in [-0.4, -0.2) is 24.3 Å². The summed E-state index contributed by atoms with van der Waals surface area (Å²) in [7, 11) is 0. The van der Waals surface area contributed by atoms with Crippen molar-refractivity contribution in [2.75, 3.05) is 6.61 Å². The van der Waals surface area contributed by atoms with E-state index in [1.165, 1.54) is 0 Å². The van der Waals surface area contributed by atoms with Crippen LogP contribution in [0.25, 0.3) is 0 Å². The Bertz CT molecular complexity index is 1320. The number of Topliss-reactive ketones (excluding diaryl/α,β-unsaturated/α-hetero) is 1. The number of nitrogens with one attached hydrogen (secondary N) is 1. The maximum absolute atomic E-state index is 13.3. The monoisotopic (exact) mass is 513 g/mol. The lowest BCUT2D eigenvalue weighted by Crippen LogP contribution is -2.44. The van der Waals surface area contributed by atoms with Crippen molar-refractivity contribution < 1.29 is 19.1 Å². The molecule has 0 aliphatic rings. The minimum absolute atomic E-state index is 0.0568. The van der Waals surface area contributed by atoms with E-state index in [9.17, 15) is 9.59 Å². The van der Waals surface area contributed by atoms with Crippen molar-refractivity contribution >= 4 is 23.3 Å². The van der Waals surface area contributed by atoms with Crippen LogP contribution in [0.2, 0.25) is 5.02 Å². The highest BCUT2D eigenvalue weighted by Gasteiger charge is 2.22. The molecule has 0 saturated carbocycles. The number of ether oxygens (including phenoxy) is 2. The summed E-state index contributed by atoms with van der Waals surface area (Å²) in [5.41, 5.74) is 3.03. The molecule has 4 rings (SSSR count). The first kappa shape index (κ1) is 26.1. The molecule has 0 aliphatic carbocycles. The molecule has 0 saturated heterocycles. The van der Waals surface area contributed by atoms with Gasteiger partial charge in [-0.05, 0) is 66.1 Å². The summed E-state index contributed by atoms with van der Waals surface area (Å²) < 4.78 is 11.7. The number of para-hydroxylation sites is 1. The minimum atomic E-state index is -0.813. The van der Waals surface area contributed by atoms with E-state index >= 15 is 0 Å². The smallest absolute Gasteiger partial charge is 0.251 e. The van der Waals surface area contributed by atoms with E-state index in [2.05, 4.69) is 5.32 Å². The minimum Gasteiger partial charge on any atom is -0.457 e. The summed E-state index contributed by atoms with van der Waals surface area (Å²) in [5.74, 6) is 0.913. The molecule has 0 bridgehead atoms. The molecule has 1 amide bonds. The van der Waals surface area contributed by atoms with Gasteiger partial charge in [-0.3, -0.25) is 9.59 Å². The van der Waals surface area contributed by atoms with Crippen molar-refractivity contribution in [3.63, 3.8) is 0 Å². The summed E-state index contributed by atoms with van der Waals surface area (Å²) in [5, 5.41) is 3.43. The second-order valence-electron chi connectivity index (χ2n) is 8.69. The molecule has 0 radical (unpaired) electrons. The van der Waals surface area contributed by atoms with Crippen LogP contribution in [0.15, 0.2) is 103 Å². The molecule has 1 atom stereocenters. The van der Waals surface area contributed by atoms with Crippen LogP contribution in [-0.2, 0) is 22.6 Å². The van der Waals surface area contributed by atoms with Crippen LogP contribution in [0.1, 0.15) is 27.0 Å². The average molecular weight is 514 g/mol. The van der Waals surface area contributed by atoms with Crippen molar-refractivity contribution in [3.05, 3.63) is 130 Å². The second-order valence-corrected chi connectivity index (χ2v) is 9.10. The number of carbonyl (C=O) groups excluding carboxylic acids is 2. The molecule has 4 aromatic rings. The summed E-state index contributed by atoms with van der Waals surface area (Å²) in [6, 6.07) is 30.7. The Morgan fingerprint density at radius 2 is 1.46 bits per heavy atom. The molecule has 0 aliphatic heterocycles. The maximum Gasteiger partial charge on any atom is 0.251 e. The number of aryl methyl sites for hydroxylation is 1. The van der Waals surface area contributed by atoms with E-state index in [0.29, 0.717) is 22.9 Å². The normalized spacial score (nSPS) is 11.5. The van der Waals surface area contributed by atoms with E-state index in [1.54, 1.807) is 18.2 Å². The van der Waals surface area contributed by atoms with E-state index in [1.807, 2.05) is 91.9 Å².